The number of halogens is 1. The number of hydrogen-bond acceptors (Lipinski definition) is 6. The highest BCUT2D eigenvalue weighted by molar-refractivity contribution is 7.19. The fourth-order valence-corrected chi connectivity index (χ4v) is 3.64. The molecule has 3 aromatic rings. The predicted octanol–water partition coefficient (Wildman–Crippen LogP) is 6.28. The van der Waals surface area contributed by atoms with Crippen LogP contribution in [0, 0.1) is 6.92 Å². The van der Waals surface area contributed by atoms with Crippen molar-refractivity contribution in [1.82, 2.24) is 4.98 Å². The Morgan fingerprint density at radius 2 is 1.85 bits per heavy atom. The van der Waals surface area contributed by atoms with Crippen LogP contribution in [0.5, 0.6) is 0 Å². The number of aromatic nitrogens is 1. The zero-order valence-corrected chi connectivity index (χ0v) is 15.7. The standard InChI is InChI=1S/C19H16ClN5S/c1-12-18(24-22-15-9-7-14(20)8-10-15)26-19(21-12)25-23-17-11-6-13-4-2-3-5-16(13)17/h2-5,7-10H,6,11H2,1H3,(H,21,25)/b23-17+,24-22?. The van der Waals surface area contributed by atoms with E-state index in [0.717, 1.165) is 34.9 Å². The summed E-state index contributed by atoms with van der Waals surface area (Å²) in [5.74, 6) is 0. The number of aryl methyl sites for hydroxylation is 2. The first-order chi connectivity index (χ1) is 12.7. The third kappa shape index (κ3) is 3.66. The van der Waals surface area contributed by atoms with E-state index in [1.807, 2.05) is 25.1 Å². The predicted molar refractivity (Wildman–Crippen MR) is 107 cm³/mol. The average molecular weight is 382 g/mol. The van der Waals surface area contributed by atoms with Crippen molar-refractivity contribution in [1.29, 1.82) is 0 Å². The molecule has 0 unspecified atom stereocenters. The smallest absolute Gasteiger partial charge is 0.205 e. The number of benzene rings is 2. The van der Waals surface area contributed by atoms with Gasteiger partial charge in [0.15, 0.2) is 5.00 Å². The third-order valence-electron chi connectivity index (χ3n) is 4.10. The number of nitrogens with one attached hydrogen (secondary N) is 1. The minimum atomic E-state index is 0.678. The van der Waals surface area contributed by atoms with Gasteiger partial charge in [0, 0.05) is 10.6 Å². The number of rotatable bonds is 4. The first kappa shape index (κ1) is 16.9. The highest BCUT2D eigenvalue weighted by Gasteiger charge is 2.17. The molecule has 0 spiro atoms. The zero-order valence-electron chi connectivity index (χ0n) is 14.1. The number of anilines is 1. The van der Waals surface area contributed by atoms with Crippen LogP contribution in [0.2, 0.25) is 5.02 Å². The molecule has 0 atom stereocenters. The van der Waals surface area contributed by atoms with Crippen molar-refractivity contribution < 1.29 is 0 Å². The molecule has 0 bridgehead atoms. The van der Waals surface area contributed by atoms with Gasteiger partial charge in [-0.25, -0.2) is 4.98 Å². The minimum absolute atomic E-state index is 0.678. The van der Waals surface area contributed by atoms with E-state index in [1.165, 1.54) is 22.5 Å². The molecular formula is C19H16ClN5S. The molecule has 0 aliphatic heterocycles. The maximum Gasteiger partial charge on any atom is 0.205 e. The quantitative estimate of drug-likeness (QED) is 0.426. The lowest BCUT2D eigenvalue weighted by atomic mass is 10.1. The summed E-state index contributed by atoms with van der Waals surface area (Å²) >= 11 is 7.31. The SMILES string of the molecule is Cc1nc(N/N=C2\CCc3ccccc32)sc1N=Nc1ccc(Cl)cc1. The Morgan fingerprint density at radius 3 is 2.69 bits per heavy atom. The van der Waals surface area contributed by atoms with Crippen molar-refractivity contribution in [2.75, 3.05) is 5.43 Å². The lowest BCUT2D eigenvalue weighted by Gasteiger charge is -1.99. The molecule has 0 radical (unpaired) electrons. The van der Waals surface area contributed by atoms with Gasteiger partial charge in [-0.15, -0.1) is 10.2 Å². The van der Waals surface area contributed by atoms with E-state index in [4.69, 9.17) is 11.6 Å². The van der Waals surface area contributed by atoms with Gasteiger partial charge in [-0.3, -0.25) is 5.43 Å². The average Bonchev–Trinajstić information content (AvgIpc) is 3.23. The molecule has 2 aromatic carbocycles. The van der Waals surface area contributed by atoms with Gasteiger partial charge < -0.3 is 0 Å². The summed E-state index contributed by atoms with van der Waals surface area (Å²) in [6, 6.07) is 15.6. The van der Waals surface area contributed by atoms with Gasteiger partial charge in [0.1, 0.15) is 0 Å². The Kier molecular flexibility index (Phi) is 4.77. The van der Waals surface area contributed by atoms with E-state index in [0.29, 0.717) is 10.2 Å². The Hall–Kier alpha value is -2.57. The maximum atomic E-state index is 5.88. The summed E-state index contributed by atoms with van der Waals surface area (Å²) < 4.78 is 0. The number of azo groups is 1. The highest BCUT2D eigenvalue weighted by atomic mass is 35.5. The van der Waals surface area contributed by atoms with Crippen molar-refractivity contribution in [3.05, 3.63) is 70.4 Å². The summed E-state index contributed by atoms with van der Waals surface area (Å²) in [4.78, 5) is 4.48. The molecule has 1 heterocycles. The van der Waals surface area contributed by atoms with Crippen molar-refractivity contribution >= 4 is 44.5 Å². The molecule has 0 saturated heterocycles. The van der Waals surface area contributed by atoms with E-state index in [-0.39, 0.29) is 0 Å². The van der Waals surface area contributed by atoms with Crippen LogP contribution in [0.15, 0.2) is 63.9 Å². The van der Waals surface area contributed by atoms with Crippen LogP contribution < -0.4 is 5.43 Å². The van der Waals surface area contributed by atoms with Gasteiger partial charge in [0.05, 0.1) is 17.1 Å². The molecule has 1 aliphatic rings. The topological polar surface area (TPSA) is 62.0 Å². The van der Waals surface area contributed by atoms with E-state index in [1.54, 1.807) is 12.1 Å². The minimum Gasteiger partial charge on any atom is -0.252 e. The van der Waals surface area contributed by atoms with Gasteiger partial charge in [-0.2, -0.15) is 5.10 Å². The normalized spacial score (nSPS) is 14.9. The second-order valence-corrected chi connectivity index (χ2v) is 7.33. The molecule has 4 rings (SSSR count). The van der Waals surface area contributed by atoms with Crippen LogP contribution in [0.25, 0.3) is 0 Å². The molecule has 1 aliphatic carbocycles. The number of hydrogen-bond donors (Lipinski definition) is 1. The number of nitrogens with zero attached hydrogens (tertiary/aromatic N) is 4. The van der Waals surface area contributed by atoms with Gasteiger partial charge in [0.2, 0.25) is 5.13 Å². The van der Waals surface area contributed by atoms with E-state index in [2.05, 4.69) is 43.9 Å². The second kappa shape index (κ2) is 7.35. The lowest BCUT2D eigenvalue weighted by molar-refractivity contribution is 1.09. The van der Waals surface area contributed by atoms with Crippen LogP contribution in [0.4, 0.5) is 15.8 Å². The van der Waals surface area contributed by atoms with Gasteiger partial charge in [-0.05, 0) is 49.6 Å². The summed E-state index contributed by atoms with van der Waals surface area (Å²) in [5.41, 5.74) is 8.28. The number of hydrazone groups is 1. The molecule has 0 fully saturated rings. The molecule has 7 heteroatoms. The van der Waals surface area contributed by atoms with E-state index < -0.39 is 0 Å². The van der Waals surface area contributed by atoms with Gasteiger partial charge >= 0.3 is 0 Å². The van der Waals surface area contributed by atoms with Crippen LogP contribution >= 0.6 is 22.9 Å². The lowest BCUT2D eigenvalue weighted by Crippen LogP contribution is -1.99. The Balaban J connectivity index is 1.49. The van der Waals surface area contributed by atoms with Crippen LogP contribution in [0.1, 0.15) is 23.2 Å². The number of fused-ring (bicyclic) bond motifs is 1. The fraction of sp³-hybridized carbons (Fsp3) is 0.158. The first-order valence-electron chi connectivity index (χ1n) is 8.24. The molecule has 1 N–H and O–H groups in total. The summed E-state index contributed by atoms with van der Waals surface area (Å²) in [7, 11) is 0. The second-order valence-electron chi connectivity index (χ2n) is 5.91. The molecule has 5 nitrogen and oxygen atoms in total. The Bertz CT molecular complexity index is 991. The molecular weight excluding hydrogens is 366 g/mol. The zero-order chi connectivity index (χ0) is 17.9. The Labute approximate surface area is 160 Å². The molecule has 1 aromatic heterocycles. The van der Waals surface area contributed by atoms with E-state index >= 15 is 0 Å². The van der Waals surface area contributed by atoms with Crippen molar-refractivity contribution in [3.63, 3.8) is 0 Å². The Morgan fingerprint density at radius 1 is 1.04 bits per heavy atom. The van der Waals surface area contributed by atoms with Crippen molar-refractivity contribution in [2.24, 2.45) is 15.3 Å². The third-order valence-corrected chi connectivity index (χ3v) is 5.30. The molecule has 130 valence electrons. The summed E-state index contributed by atoms with van der Waals surface area (Å²) in [6.07, 6.45) is 1.98. The van der Waals surface area contributed by atoms with Crippen LogP contribution in [-0.2, 0) is 6.42 Å². The monoisotopic (exact) mass is 381 g/mol. The van der Waals surface area contributed by atoms with Gasteiger partial charge in [-0.1, -0.05) is 47.2 Å². The van der Waals surface area contributed by atoms with E-state index in [9.17, 15) is 0 Å². The number of thiazole rings is 1. The maximum absolute atomic E-state index is 5.88. The summed E-state index contributed by atoms with van der Waals surface area (Å²) in [6.45, 7) is 1.91. The first-order valence-corrected chi connectivity index (χ1v) is 9.44. The molecule has 0 amide bonds. The summed E-state index contributed by atoms with van der Waals surface area (Å²) in [5, 5.41) is 15.2. The van der Waals surface area contributed by atoms with Gasteiger partial charge in [0.25, 0.3) is 0 Å². The molecule has 0 saturated carbocycles. The van der Waals surface area contributed by atoms with Crippen molar-refractivity contribution in [2.45, 2.75) is 19.8 Å². The molecule has 26 heavy (non-hydrogen) atoms. The van der Waals surface area contributed by atoms with Crippen molar-refractivity contribution in [3.8, 4) is 0 Å². The fourth-order valence-electron chi connectivity index (χ4n) is 2.78. The van der Waals surface area contributed by atoms with Crippen LogP contribution in [0.3, 0.4) is 0 Å². The highest BCUT2D eigenvalue weighted by Crippen LogP contribution is 2.32. The van der Waals surface area contributed by atoms with Crippen LogP contribution in [-0.4, -0.2) is 10.7 Å². The largest absolute Gasteiger partial charge is 0.252 e.